The first-order chi connectivity index (χ1) is 6.59. The van der Waals surface area contributed by atoms with E-state index in [1.54, 1.807) is 0 Å². The van der Waals surface area contributed by atoms with E-state index in [-0.39, 0.29) is 0 Å². The summed E-state index contributed by atoms with van der Waals surface area (Å²) < 4.78 is 2.00. The molecule has 1 atom stereocenters. The Morgan fingerprint density at radius 1 is 1.43 bits per heavy atom. The predicted molar refractivity (Wildman–Crippen MR) is 59.2 cm³/mol. The van der Waals surface area contributed by atoms with Gasteiger partial charge in [0.25, 0.3) is 0 Å². The second-order valence-corrected chi connectivity index (χ2v) is 4.25. The highest BCUT2D eigenvalue weighted by molar-refractivity contribution is 4.99. The van der Waals surface area contributed by atoms with Gasteiger partial charge in [0.05, 0.1) is 5.69 Å². The molecule has 3 nitrogen and oxygen atoms in total. The molecule has 0 aliphatic carbocycles. The summed E-state index contributed by atoms with van der Waals surface area (Å²) in [6, 6.07) is 2.86. The molecule has 3 heteroatoms. The number of hydrogen-bond acceptors (Lipinski definition) is 2. The molecule has 1 unspecified atom stereocenters. The minimum atomic E-state index is 0.308. The van der Waals surface area contributed by atoms with E-state index in [0.29, 0.717) is 12.1 Å². The molecule has 0 amide bonds. The third kappa shape index (κ3) is 3.50. The van der Waals surface area contributed by atoms with Crippen LogP contribution in [0, 0.1) is 0 Å². The van der Waals surface area contributed by atoms with Gasteiger partial charge in [-0.25, -0.2) is 0 Å². The Morgan fingerprint density at radius 3 is 2.64 bits per heavy atom. The van der Waals surface area contributed by atoms with E-state index in [9.17, 15) is 0 Å². The van der Waals surface area contributed by atoms with Crippen molar-refractivity contribution in [2.45, 2.75) is 52.1 Å². The first kappa shape index (κ1) is 11.2. The van der Waals surface area contributed by atoms with Crippen LogP contribution in [-0.4, -0.2) is 15.8 Å². The highest BCUT2D eigenvalue weighted by Crippen LogP contribution is 2.07. The fraction of sp³-hybridized carbons (Fsp3) is 0.727. The summed E-state index contributed by atoms with van der Waals surface area (Å²) in [5.41, 5.74) is 6.86. The Bertz CT molecular complexity index is 263. The lowest BCUT2D eigenvalue weighted by atomic mass is 10.1. The molecule has 0 saturated carbocycles. The Hall–Kier alpha value is -0.830. The number of rotatable bonds is 5. The molecule has 1 rings (SSSR count). The van der Waals surface area contributed by atoms with Crippen LogP contribution in [0.5, 0.6) is 0 Å². The molecule has 0 bridgehead atoms. The summed E-state index contributed by atoms with van der Waals surface area (Å²) in [7, 11) is 0. The van der Waals surface area contributed by atoms with Gasteiger partial charge in [-0.1, -0.05) is 0 Å². The van der Waals surface area contributed by atoms with Crippen molar-refractivity contribution in [2.75, 3.05) is 0 Å². The second-order valence-electron chi connectivity index (χ2n) is 4.25. The van der Waals surface area contributed by atoms with Crippen LogP contribution < -0.4 is 5.73 Å². The molecule has 0 radical (unpaired) electrons. The minimum Gasteiger partial charge on any atom is -0.328 e. The first-order valence-corrected chi connectivity index (χ1v) is 5.39. The van der Waals surface area contributed by atoms with Crippen molar-refractivity contribution in [1.29, 1.82) is 0 Å². The van der Waals surface area contributed by atoms with E-state index in [1.807, 2.05) is 17.8 Å². The average Bonchev–Trinajstić information content (AvgIpc) is 2.52. The Balaban J connectivity index is 2.36. The van der Waals surface area contributed by atoms with Gasteiger partial charge in [-0.15, -0.1) is 0 Å². The molecular formula is C11H21N3. The lowest BCUT2D eigenvalue weighted by molar-refractivity contribution is 0.522. The number of aromatic nitrogens is 2. The summed E-state index contributed by atoms with van der Waals surface area (Å²) in [4.78, 5) is 0. The van der Waals surface area contributed by atoms with Gasteiger partial charge in [-0.05, 0) is 46.1 Å². The van der Waals surface area contributed by atoms with Crippen LogP contribution in [0.1, 0.15) is 45.3 Å². The topological polar surface area (TPSA) is 43.8 Å². The second kappa shape index (κ2) is 5.15. The standard InChI is InChI=1S/C11H21N3/c1-9(2)14-8-7-11(13-14)6-4-5-10(3)12/h7-10H,4-6,12H2,1-3H3. The van der Waals surface area contributed by atoms with Gasteiger partial charge in [0.2, 0.25) is 0 Å². The zero-order chi connectivity index (χ0) is 10.6. The summed E-state index contributed by atoms with van der Waals surface area (Å²) >= 11 is 0. The zero-order valence-corrected chi connectivity index (χ0v) is 9.40. The van der Waals surface area contributed by atoms with E-state index in [4.69, 9.17) is 5.73 Å². The van der Waals surface area contributed by atoms with Crippen molar-refractivity contribution in [3.8, 4) is 0 Å². The molecule has 1 aromatic rings. The Labute approximate surface area is 86.3 Å². The van der Waals surface area contributed by atoms with Gasteiger partial charge in [-0.2, -0.15) is 5.10 Å². The average molecular weight is 195 g/mol. The van der Waals surface area contributed by atoms with Gasteiger partial charge < -0.3 is 5.73 Å². The van der Waals surface area contributed by atoms with Crippen LogP contribution in [0.15, 0.2) is 12.3 Å². The highest BCUT2D eigenvalue weighted by Gasteiger charge is 2.02. The Morgan fingerprint density at radius 2 is 2.14 bits per heavy atom. The maximum atomic E-state index is 5.68. The monoisotopic (exact) mass is 195 g/mol. The van der Waals surface area contributed by atoms with Gasteiger partial charge in [0.1, 0.15) is 0 Å². The number of hydrogen-bond donors (Lipinski definition) is 1. The van der Waals surface area contributed by atoms with Gasteiger partial charge in [-0.3, -0.25) is 4.68 Å². The summed E-state index contributed by atoms with van der Waals surface area (Å²) in [6.45, 7) is 6.32. The smallest absolute Gasteiger partial charge is 0.0624 e. The molecule has 0 fully saturated rings. The lowest BCUT2D eigenvalue weighted by Gasteiger charge is -2.04. The van der Waals surface area contributed by atoms with Gasteiger partial charge >= 0.3 is 0 Å². The molecule has 0 saturated heterocycles. The maximum absolute atomic E-state index is 5.68. The molecular weight excluding hydrogens is 174 g/mol. The SMILES string of the molecule is CC(N)CCCc1ccn(C(C)C)n1. The molecule has 14 heavy (non-hydrogen) atoms. The van der Waals surface area contributed by atoms with E-state index in [1.165, 1.54) is 5.69 Å². The molecule has 0 aromatic carbocycles. The maximum Gasteiger partial charge on any atom is 0.0624 e. The molecule has 0 aliphatic rings. The third-order valence-corrected chi connectivity index (χ3v) is 2.29. The molecule has 80 valence electrons. The van der Waals surface area contributed by atoms with Crippen LogP contribution in [0.2, 0.25) is 0 Å². The number of aryl methyl sites for hydroxylation is 1. The highest BCUT2D eigenvalue weighted by atomic mass is 15.3. The third-order valence-electron chi connectivity index (χ3n) is 2.29. The molecule has 1 heterocycles. The molecule has 2 N–H and O–H groups in total. The largest absolute Gasteiger partial charge is 0.328 e. The summed E-state index contributed by atoms with van der Waals surface area (Å²) in [5.74, 6) is 0. The number of nitrogens with two attached hydrogens (primary N) is 1. The first-order valence-electron chi connectivity index (χ1n) is 5.39. The van der Waals surface area contributed by atoms with Crippen molar-refractivity contribution < 1.29 is 0 Å². The van der Waals surface area contributed by atoms with Gasteiger partial charge in [0.15, 0.2) is 0 Å². The van der Waals surface area contributed by atoms with E-state index in [0.717, 1.165) is 19.3 Å². The van der Waals surface area contributed by atoms with Crippen LogP contribution in [0.3, 0.4) is 0 Å². The van der Waals surface area contributed by atoms with Gasteiger partial charge in [0, 0.05) is 18.3 Å². The van der Waals surface area contributed by atoms with Crippen LogP contribution in [0.25, 0.3) is 0 Å². The molecule has 0 spiro atoms. The molecule has 0 aliphatic heterocycles. The minimum absolute atomic E-state index is 0.308. The number of nitrogens with zero attached hydrogens (tertiary/aromatic N) is 2. The van der Waals surface area contributed by atoms with Crippen molar-refractivity contribution >= 4 is 0 Å². The summed E-state index contributed by atoms with van der Waals surface area (Å²) in [5, 5.41) is 4.48. The fourth-order valence-electron chi connectivity index (χ4n) is 1.40. The lowest BCUT2D eigenvalue weighted by Crippen LogP contribution is -2.14. The Kier molecular flexibility index (Phi) is 4.14. The van der Waals surface area contributed by atoms with Crippen LogP contribution in [-0.2, 0) is 6.42 Å². The van der Waals surface area contributed by atoms with Crippen molar-refractivity contribution in [1.82, 2.24) is 9.78 Å². The van der Waals surface area contributed by atoms with Crippen molar-refractivity contribution in [3.63, 3.8) is 0 Å². The van der Waals surface area contributed by atoms with E-state index >= 15 is 0 Å². The van der Waals surface area contributed by atoms with Crippen LogP contribution in [0.4, 0.5) is 0 Å². The van der Waals surface area contributed by atoms with E-state index < -0.39 is 0 Å². The van der Waals surface area contributed by atoms with E-state index in [2.05, 4.69) is 25.0 Å². The molecule has 1 aromatic heterocycles. The van der Waals surface area contributed by atoms with Crippen LogP contribution >= 0.6 is 0 Å². The zero-order valence-electron chi connectivity index (χ0n) is 9.40. The quantitative estimate of drug-likeness (QED) is 0.782. The van der Waals surface area contributed by atoms with Crippen molar-refractivity contribution in [3.05, 3.63) is 18.0 Å². The van der Waals surface area contributed by atoms with Crippen molar-refractivity contribution in [2.24, 2.45) is 5.73 Å². The normalized spacial score (nSPS) is 13.5. The summed E-state index contributed by atoms with van der Waals surface area (Å²) in [6.07, 6.45) is 5.30. The fourth-order valence-corrected chi connectivity index (χ4v) is 1.40. The predicted octanol–water partition coefficient (Wildman–Crippen LogP) is 2.13.